The normalized spacial score (nSPS) is 20.8. The largest absolute Gasteiger partial charge is 0.396 e. The molecule has 3 heterocycles. The Morgan fingerprint density at radius 1 is 1.35 bits per heavy atom. The first-order chi connectivity index (χ1) is 11.1. The lowest BCUT2D eigenvalue weighted by atomic mass is 9.97. The van der Waals surface area contributed by atoms with Gasteiger partial charge in [0.05, 0.1) is 17.8 Å². The van der Waals surface area contributed by atoms with Crippen molar-refractivity contribution in [2.75, 3.05) is 13.2 Å². The molecule has 0 spiro atoms. The van der Waals surface area contributed by atoms with E-state index in [2.05, 4.69) is 40.1 Å². The highest BCUT2D eigenvalue weighted by molar-refractivity contribution is 7.80. The molecule has 1 aliphatic heterocycles. The highest BCUT2D eigenvalue weighted by atomic mass is 32.1. The number of H-pyrrole nitrogens is 1. The molecule has 0 amide bonds. The van der Waals surface area contributed by atoms with Gasteiger partial charge in [-0.2, -0.15) is 0 Å². The number of nitrogens with zero attached hydrogens (tertiary/aromatic N) is 2. The zero-order valence-electron chi connectivity index (χ0n) is 13.4. The van der Waals surface area contributed by atoms with Crippen LogP contribution in [0.25, 0.3) is 0 Å². The van der Waals surface area contributed by atoms with E-state index in [4.69, 9.17) is 12.2 Å². The summed E-state index contributed by atoms with van der Waals surface area (Å²) in [6.07, 6.45) is 2.50. The molecule has 1 fully saturated rings. The average molecular weight is 330 g/mol. The third-order valence-electron chi connectivity index (χ3n) is 4.26. The average Bonchev–Trinajstić information content (AvgIpc) is 3.05. The third kappa shape index (κ3) is 3.09. The fraction of sp³-hybridized carbons (Fsp3) is 0.412. The van der Waals surface area contributed by atoms with Crippen molar-refractivity contribution in [2.45, 2.75) is 32.4 Å². The number of thiocarbonyl (C=S) groups is 1. The summed E-state index contributed by atoms with van der Waals surface area (Å²) in [7, 11) is 0. The van der Waals surface area contributed by atoms with Crippen LogP contribution < -0.4 is 5.32 Å². The summed E-state index contributed by atoms with van der Waals surface area (Å²) in [5.41, 5.74) is 4.49. The van der Waals surface area contributed by atoms with Gasteiger partial charge in [0.2, 0.25) is 0 Å². The Bertz CT molecular complexity index is 685. The Kier molecular flexibility index (Phi) is 4.63. The Labute approximate surface area is 141 Å². The van der Waals surface area contributed by atoms with Gasteiger partial charge < -0.3 is 20.3 Å². The highest BCUT2D eigenvalue weighted by Crippen LogP contribution is 2.39. The monoisotopic (exact) mass is 330 g/mol. The lowest BCUT2D eigenvalue weighted by Gasteiger charge is -2.27. The van der Waals surface area contributed by atoms with Crippen LogP contribution in [0.2, 0.25) is 0 Å². The van der Waals surface area contributed by atoms with E-state index in [-0.39, 0.29) is 18.7 Å². The predicted octanol–water partition coefficient (Wildman–Crippen LogP) is 2.38. The molecular weight excluding hydrogens is 308 g/mol. The fourth-order valence-electron chi connectivity index (χ4n) is 3.28. The number of hydrogen-bond donors (Lipinski definition) is 3. The summed E-state index contributed by atoms with van der Waals surface area (Å²) in [6, 6.07) is 8.21. The molecule has 3 rings (SSSR count). The zero-order valence-corrected chi connectivity index (χ0v) is 14.2. The number of nitrogens with one attached hydrogen (secondary N) is 2. The molecule has 1 aliphatic rings. The lowest BCUT2D eigenvalue weighted by molar-refractivity contribution is 0.247. The maximum Gasteiger partial charge on any atom is 0.170 e. The second-order valence-corrected chi connectivity index (χ2v) is 6.32. The standard InChI is InChI=1S/C17H22N4OS/c1-11-10-13(12(2)19-11)16-15(14-6-3-4-7-18-14)20-17(23)21(16)8-5-9-22/h3-4,6-7,10,15-16,19,22H,5,8-9H2,1-2H3,(H,20,23)/t15-,16+/m0/s1. The fourth-order valence-corrected chi connectivity index (χ4v) is 3.61. The van der Waals surface area contributed by atoms with Gasteiger partial charge in [0.25, 0.3) is 0 Å². The zero-order chi connectivity index (χ0) is 16.4. The van der Waals surface area contributed by atoms with Gasteiger partial charge in [-0.25, -0.2) is 0 Å². The van der Waals surface area contributed by atoms with Crippen LogP contribution in [0.15, 0.2) is 30.5 Å². The predicted molar refractivity (Wildman–Crippen MR) is 94.1 cm³/mol. The van der Waals surface area contributed by atoms with Gasteiger partial charge in [-0.15, -0.1) is 0 Å². The molecule has 3 N–H and O–H groups in total. The summed E-state index contributed by atoms with van der Waals surface area (Å²) in [6.45, 7) is 5.03. The number of aliphatic hydroxyl groups is 1. The maximum absolute atomic E-state index is 9.20. The molecule has 1 saturated heterocycles. The van der Waals surface area contributed by atoms with Crippen molar-refractivity contribution in [1.29, 1.82) is 0 Å². The summed E-state index contributed by atoms with van der Waals surface area (Å²) in [4.78, 5) is 10.1. The number of aromatic amines is 1. The van der Waals surface area contributed by atoms with Crippen molar-refractivity contribution in [1.82, 2.24) is 20.2 Å². The number of aromatic nitrogens is 2. The molecule has 6 heteroatoms. The summed E-state index contributed by atoms with van der Waals surface area (Å²) in [5.74, 6) is 0. The van der Waals surface area contributed by atoms with E-state index >= 15 is 0 Å². The molecule has 0 aliphatic carbocycles. The minimum Gasteiger partial charge on any atom is -0.396 e. The van der Waals surface area contributed by atoms with Gasteiger partial charge >= 0.3 is 0 Å². The van der Waals surface area contributed by atoms with Crippen LogP contribution in [-0.2, 0) is 0 Å². The molecule has 0 bridgehead atoms. The second-order valence-electron chi connectivity index (χ2n) is 5.93. The van der Waals surface area contributed by atoms with Crippen LogP contribution in [0.4, 0.5) is 0 Å². The van der Waals surface area contributed by atoms with E-state index in [0.29, 0.717) is 6.42 Å². The smallest absolute Gasteiger partial charge is 0.170 e. The van der Waals surface area contributed by atoms with E-state index in [0.717, 1.165) is 28.7 Å². The molecule has 5 nitrogen and oxygen atoms in total. The number of rotatable bonds is 5. The molecule has 0 radical (unpaired) electrons. The second kappa shape index (κ2) is 6.68. The minimum atomic E-state index is 0.0105. The van der Waals surface area contributed by atoms with Gasteiger partial charge in [0, 0.05) is 30.7 Å². The molecule has 0 saturated carbocycles. The Morgan fingerprint density at radius 2 is 2.17 bits per heavy atom. The van der Waals surface area contributed by atoms with Gasteiger partial charge in [-0.05, 0) is 56.2 Å². The van der Waals surface area contributed by atoms with Crippen molar-refractivity contribution in [3.05, 3.63) is 53.1 Å². The molecule has 0 unspecified atom stereocenters. The molecule has 0 aromatic carbocycles. The van der Waals surface area contributed by atoms with E-state index in [1.807, 2.05) is 24.4 Å². The van der Waals surface area contributed by atoms with Crippen molar-refractivity contribution >= 4 is 17.3 Å². The quantitative estimate of drug-likeness (QED) is 0.735. The molecule has 23 heavy (non-hydrogen) atoms. The topological polar surface area (TPSA) is 64.2 Å². The Balaban J connectivity index is 2.01. The first kappa shape index (κ1) is 16.0. The van der Waals surface area contributed by atoms with Gasteiger partial charge in [0.1, 0.15) is 0 Å². The third-order valence-corrected chi connectivity index (χ3v) is 4.62. The first-order valence-corrected chi connectivity index (χ1v) is 8.27. The van der Waals surface area contributed by atoms with Crippen molar-refractivity contribution in [3.8, 4) is 0 Å². The van der Waals surface area contributed by atoms with Gasteiger partial charge in [-0.1, -0.05) is 6.07 Å². The van der Waals surface area contributed by atoms with E-state index < -0.39 is 0 Å². The van der Waals surface area contributed by atoms with E-state index in [9.17, 15) is 5.11 Å². The first-order valence-electron chi connectivity index (χ1n) is 7.87. The van der Waals surface area contributed by atoms with Crippen molar-refractivity contribution in [3.63, 3.8) is 0 Å². The summed E-state index contributed by atoms with van der Waals surface area (Å²) < 4.78 is 0. The van der Waals surface area contributed by atoms with Gasteiger partial charge in [0.15, 0.2) is 5.11 Å². The number of hydrogen-bond acceptors (Lipinski definition) is 3. The number of aliphatic hydroxyl groups excluding tert-OH is 1. The minimum absolute atomic E-state index is 0.0105. The van der Waals surface area contributed by atoms with Gasteiger partial charge in [-0.3, -0.25) is 4.98 Å². The highest BCUT2D eigenvalue weighted by Gasteiger charge is 2.40. The van der Waals surface area contributed by atoms with Crippen LogP contribution in [-0.4, -0.2) is 38.2 Å². The van der Waals surface area contributed by atoms with Crippen LogP contribution in [0.3, 0.4) is 0 Å². The van der Waals surface area contributed by atoms with Crippen LogP contribution >= 0.6 is 12.2 Å². The lowest BCUT2D eigenvalue weighted by Crippen LogP contribution is -2.31. The van der Waals surface area contributed by atoms with E-state index in [1.54, 1.807) is 0 Å². The molecule has 2 aromatic heterocycles. The van der Waals surface area contributed by atoms with Crippen molar-refractivity contribution in [2.24, 2.45) is 0 Å². The summed E-state index contributed by atoms with van der Waals surface area (Å²) >= 11 is 5.55. The van der Waals surface area contributed by atoms with E-state index in [1.165, 1.54) is 5.56 Å². The summed E-state index contributed by atoms with van der Waals surface area (Å²) in [5, 5.41) is 13.3. The molecule has 2 atom stereocenters. The van der Waals surface area contributed by atoms with Crippen LogP contribution in [0.5, 0.6) is 0 Å². The molecule has 122 valence electrons. The van der Waals surface area contributed by atoms with Crippen LogP contribution in [0, 0.1) is 13.8 Å². The molecular formula is C17H22N4OS. The number of pyridine rings is 1. The maximum atomic E-state index is 9.20. The molecule has 2 aromatic rings. The number of aryl methyl sites for hydroxylation is 2. The van der Waals surface area contributed by atoms with Crippen LogP contribution in [0.1, 0.15) is 41.1 Å². The SMILES string of the molecule is Cc1cc([C@@H]2[C@H](c3ccccn3)NC(=S)N2CCCO)c(C)[nH]1. The van der Waals surface area contributed by atoms with Crippen molar-refractivity contribution < 1.29 is 5.11 Å². The Hall–Kier alpha value is -1.92. The Morgan fingerprint density at radius 3 is 2.78 bits per heavy atom.